The van der Waals surface area contributed by atoms with Crippen LogP contribution in [0.3, 0.4) is 0 Å². The van der Waals surface area contributed by atoms with Gasteiger partial charge in [0.2, 0.25) is 0 Å². The fourth-order valence-electron chi connectivity index (χ4n) is 2.11. The molecule has 1 aliphatic rings. The Kier molecular flexibility index (Phi) is 4.80. The SMILES string of the molecule is COc1ccc(COC(=O)[C@@H](O)CC2CCC2)cc1. The summed E-state index contributed by atoms with van der Waals surface area (Å²) in [5, 5.41) is 9.72. The molecule has 1 N–H and O–H groups in total. The largest absolute Gasteiger partial charge is 0.497 e. The molecule has 0 bridgehead atoms. The monoisotopic (exact) mass is 264 g/mol. The summed E-state index contributed by atoms with van der Waals surface area (Å²) in [6.07, 6.45) is 2.98. The second-order valence-corrected chi connectivity index (χ2v) is 5.00. The minimum absolute atomic E-state index is 0.185. The van der Waals surface area contributed by atoms with Gasteiger partial charge in [0.05, 0.1) is 7.11 Å². The van der Waals surface area contributed by atoms with Crippen molar-refractivity contribution < 1.29 is 19.4 Å². The van der Waals surface area contributed by atoms with Crippen LogP contribution in [0.2, 0.25) is 0 Å². The second kappa shape index (κ2) is 6.57. The highest BCUT2D eigenvalue weighted by Crippen LogP contribution is 2.30. The first-order valence-electron chi connectivity index (χ1n) is 6.66. The van der Waals surface area contributed by atoms with Crippen molar-refractivity contribution in [2.45, 2.75) is 38.4 Å². The molecule has 1 fully saturated rings. The average Bonchev–Trinajstić information content (AvgIpc) is 2.40. The number of hydrogen-bond acceptors (Lipinski definition) is 4. The number of ether oxygens (including phenoxy) is 2. The number of esters is 1. The Bertz CT molecular complexity index is 409. The molecule has 0 heterocycles. The second-order valence-electron chi connectivity index (χ2n) is 5.00. The molecule has 0 unspecified atom stereocenters. The van der Waals surface area contributed by atoms with Crippen molar-refractivity contribution in [2.75, 3.05) is 7.11 Å². The van der Waals surface area contributed by atoms with Gasteiger partial charge in [-0.15, -0.1) is 0 Å². The highest BCUT2D eigenvalue weighted by atomic mass is 16.5. The number of carbonyl (C=O) groups is 1. The van der Waals surface area contributed by atoms with E-state index in [0.717, 1.165) is 24.2 Å². The van der Waals surface area contributed by atoms with Crippen LogP contribution in [0.25, 0.3) is 0 Å². The number of aliphatic hydroxyl groups excluding tert-OH is 1. The normalized spacial score (nSPS) is 16.5. The molecule has 104 valence electrons. The smallest absolute Gasteiger partial charge is 0.335 e. The van der Waals surface area contributed by atoms with E-state index in [-0.39, 0.29) is 6.61 Å². The van der Waals surface area contributed by atoms with Gasteiger partial charge in [0, 0.05) is 0 Å². The summed E-state index contributed by atoms with van der Waals surface area (Å²) in [5.41, 5.74) is 0.880. The van der Waals surface area contributed by atoms with Gasteiger partial charge in [0.25, 0.3) is 0 Å². The molecule has 0 radical (unpaired) electrons. The van der Waals surface area contributed by atoms with Gasteiger partial charge in [-0.3, -0.25) is 0 Å². The average molecular weight is 264 g/mol. The van der Waals surface area contributed by atoms with E-state index in [2.05, 4.69) is 0 Å². The molecule has 0 spiro atoms. The lowest BCUT2D eigenvalue weighted by Crippen LogP contribution is -2.28. The van der Waals surface area contributed by atoms with Crippen LogP contribution in [-0.4, -0.2) is 24.3 Å². The van der Waals surface area contributed by atoms with Crippen molar-refractivity contribution in [2.24, 2.45) is 5.92 Å². The van der Waals surface area contributed by atoms with Crippen molar-refractivity contribution in [1.82, 2.24) is 0 Å². The van der Waals surface area contributed by atoms with Crippen molar-refractivity contribution in [3.05, 3.63) is 29.8 Å². The third-order valence-electron chi connectivity index (χ3n) is 3.59. The summed E-state index contributed by atoms with van der Waals surface area (Å²) < 4.78 is 10.2. The number of hydrogen-bond donors (Lipinski definition) is 1. The Balaban J connectivity index is 1.75. The molecule has 0 aromatic heterocycles. The van der Waals surface area contributed by atoms with Gasteiger partial charge >= 0.3 is 5.97 Å². The maximum Gasteiger partial charge on any atom is 0.335 e. The summed E-state index contributed by atoms with van der Waals surface area (Å²) in [6, 6.07) is 7.30. The lowest BCUT2D eigenvalue weighted by Gasteiger charge is -2.26. The van der Waals surface area contributed by atoms with Gasteiger partial charge < -0.3 is 14.6 Å². The van der Waals surface area contributed by atoms with E-state index in [0.29, 0.717) is 12.3 Å². The van der Waals surface area contributed by atoms with Crippen LogP contribution >= 0.6 is 0 Å². The van der Waals surface area contributed by atoms with E-state index in [1.165, 1.54) is 6.42 Å². The number of rotatable bonds is 6. The Morgan fingerprint density at radius 1 is 1.37 bits per heavy atom. The zero-order chi connectivity index (χ0) is 13.7. The van der Waals surface area contributed by atoms with Crippen LogP contribution in [0, 0.1) is 5.92 Å². The Hall–Kier alpha value is -1.55. The lowest BCUT2D eigenvalue weighted by atomic mass is 9.81. The first-order valence-corrected chi connectivity index (χ1v) is 6.66. The predicted octanol–water partition coefficient (Wildman–Crippen LogP) is 2.29. The molecule has 19 heavy (non-hydrogen) atoms. The van der Waals surface area contributed by atoms with E-state index < -0.39 is 12.1 Å². The standard InChI is InChI=1S/C15H20O4/c1-18-13-7-5-12(6-8-13)10-19-15(17)14(16)9-11-3-2-4-11/h5-8,11,14,16H,2-4,9-10H2,1H3/t14-/m0/s1. The van der Waals surface area contributed by atoms with E-state index in [1.54, 1.807) is 7.11 Å². The van der Waals surface area contributed by atoms with Crippen molar-refractivity contribution in [3.63, 3.8) is 0 Å². The molecule has 0 amide bonds. The van der Waals surface area contributed by atoms with Gasteiger partial charge in [-0.05, 0) is 30.0 Å². The summed E-state index contributed by atoms with van der Waals surface area (Å²) >= 11 is 0. The maximum absolute atomic E-state index is 11.6. The van der Waals surface area contributed by atoms with Crippen molar-refractivity contribution in [3.8, 4) is 5.75 Å². The minimum Gasteiger partial charge on any atom is -0.497 e. The molecular weight excluding hydrogens is 244 g/mol. The third-order valence-corrected chi connectivity index (χ3v) is 3.59. The van der Waals surface area contributed by atoms with Crippen LogP contribution < -0.4 is 4.74 Å². The molecular formula is C15H20O4. The van der Waals surface area contributed by atoms with Gasteiger partial charge in [-0.1, -0.05) is 31.4 Å². The first-order chi connectivity index (χ1) is 9.19. The van der Waals surface area contributed by atoms with Crippen LogP contribution in [0.15, 0.2) is 24.3 Å². The maximum atomic E-state index is 11.6. The van der Waals surface area contributed by atoms with Crippen molar-refractivity contribution >= 4 is 5.97 Å². The topological polar surface area (TPSA) is 55.8 Å². The van der Waals surface area contributed by atoms with Gasteiger partial charge in [-0.2, -0.15) is 0 Å². The van der Waals surface area contributed by atoms with E-state index in [9.17, 15) is 9.90 Å². The minimum atomic E-state index is -0.983. The van der Waals surface area contributed by atoms with E-state index >= 15 is 0 Å². The Morgan fingerprint density at radius 3 is 2.58 bits per heavy atom. The van der Waals surface area contributed by atoms with Crippen LogP contribution in [0.5, 0.6) is 5.75 Å². The Labute approximate surface area is 113 Å². The van der Waals surface area contributed by atoms with Crippen LogP contribution in [0.1, 0.15) is 31.2 Å². The molecule has 1 saturated carbocycles. The lowest BCUT2D eigenvalue weighted by molar-refractivity contribution is -0.156. The first kappa shape index (κ1) is 13.9. The summed E-state index contributed by atoms with van der Waals surface area (Å²) in [5.74, 6) is 0.728. The molecule has 1 atom stereocenters. The fraction of sp³-hybridized carbons (Fsp3) is 0.533. The molecule has 0 aliphatic heterocycles. The highest BCUT2D eigenvalue weighted by Gasteiger charge is 2.25. The van der Waals surface area contributed by atoms with E-state index in [1.807, 2.05) is 24.3 Å². The zero-order valence-electron chi connectivity index (χ0n) is 11.2. The fourth-order valence-corrected chi connectivity index (χ4v) is 2.11. The molecule has 2 rings (SSSR count). The molecule has 4 nitrogen and oxygen atoms in total. The molecule has 1 aliphatic carbocycles. The van der Waals surface area contributed by atoms with Gasteiger partial charge in [-0.25, -0.2) is 4.79 Å². The van der Waals surface area contributed by atoms with Crippen molar-refractivity contribution in [1.29, 1.82) is 0 Å². The zero-order valence-corrected chi connectivity index (χ0v) is 11.2. The number of carbonyl (C=O) groups excluding carboxylic acids is 1. The Morgan fingerprint density at radius 2 is 2.05 bits per heavy atom. The van der Waals surface area contributed by atoms with Gasteiger partial charge in [0.1, 0.15) is 12.4 Å². The van der Waals surface area contributed by atoms with Gasteiger partial charge in [0.15, 0.2) is 6.10 Å². The summed E-state index contributed by atoms with van der Waals surface area (Å²) in [4.78, 5) is 11.6. The quantitative estimate of drug-likeness (QED) is 0.801. The predicted molar refractivity (Wildman–Crippen MR) is 70.8 cm³/mol. The van der Waals surface area contributed by atoms with Crippen LogP contribution in [0.4, 0.5) is 0 Å². The number of benzene rings is 1. The number of aliphatic hydroxyl groups is 1. The summed E-state index contributed by atoms with van der Waals surface area (Å²) in [6.45, 7) is 0.185. The highest BCUT2D eigenvalue weighted by molar-refractivity contribution is 5.74. The molecule has 0 saturated heterocycles. The third kappa shape index (κ3) is 3.96. The molecule has 1 aromatic carbocycles. The van der Waals surface area contributed by atoms with E-state index in [4.69, 9.17) is 9.47 Å². The summed E-state index contributed by atoms with van der Waals surface area (Å²) in [7, 11) is 1.60. The molecule has 1 aromatic rings. The van der Waals surface area contributed by atoms with Crippen LogP contribution in [-0.2, 0) is 16.1 Å². The molecule has 4 heteroatoms. The number of methoxy groups -OCH3 is 1.